The van der Waals surface area contributed by atoms with Gasteiger partial charge in [0.15, 0.2) is 0 Å². The molecule has 9 aromatic rings. The first-order valence-electron chi connectivity index (χ1n) is 21.2. The number of unbranched alkanes of at least 4 members (excludes halogenated alkanes) is 14. The van der Waals surface area contributed by atoms with Crippen molar-refractivity contribution >= 4 is 137 Å². The zero-order valence-corrected chi connectivity index (χ0v) is 39.1. The molecule has 0 radical (unpaired) electrons. The number of rotatable bonds is 18. The van der Waals surface area contributed by atoms with Crippen LogP contribution in [-0.2, 0) is 12.8 Å². The van der Waals surface area contributed by atoms with E-state index in [0.29, 0.717) is 58.0 Å². The van der Waals surface area contributed by atoms with Gasteiger partial charge in [0.1, 0.15) is 0 Å². The van der Waals surface area contributed by atoms with Crippen LogP contribution in [0.15, 0.2) is 72.8 Å². The summed E-state index contributed by atoms with van der Waals surface area (Å²) >= 11 is 1.74. The Kier molecular flexibility index (Phi) is 12.1. The van der Waals surface area contributed by atoms with Gasteiger partial charge in [0, 0.05) is 0 Å². The Morgan fingerprint density at radius 3 is 1.04 bits per heavy atom. The van der Waals surface area contributed by atoms with Crippen LogP contribution < -0.4 is 0 Å². The van der Waals surface area contributed by atoms with Crippen LogP contribution in [-0.4, -0.2) is 58.0 Å². The number of aryl methyl sites for hydroxylation is 2. The van der Waals surface area contributed by atoms with E-state index in [9.17, 15) is 0 Å². The molecule has 0 spiro atoms. The summed E-state index contributed by atoms with van der Waals surface area (Å²) in [6.45, 7) is 4.62. The molecule has 0 aliphatic carbocycles. The predicted octanol–water partition coefficient (Wildman–Crippen LogP) is 14.5. The van der Waals surface area contributed by atoms with Gasteiger partial charge in [-0.25, -0.2) is 0 Å². The van der Waals surface area contributed by atoms with Crippen molar-refractivity contribution < 1.29 is 0 Å². The van der Waals surface area contributed by atoms with Crippen LogP contribution in [0.4, 0.5) is 0 Å². The van der Waals surface area contributed by atoms with Crippen LogP contribution in [0.3, 0.4) is 0 Å². The third kappa shape index (κ3) is 8.13. The fraction of sp³-hybridized carbons (Fsp3) is 0.400. The molecule has 0 fully saturated rings. The molecule has 0 bridgehead atoms. The number of benzene rings is 5. The van der Waals surface area contributed by atoms with Crippen molar-refractivity contribution in [1.82, 2.24) is 0 Å². The van der Waals surface area contributed by atoms with Gasteiger partial charge in [-0.15, -0.1) is 0 Å². The van der Waals surface area contributed by atoms with Crippen molar-refractivity contribution in [1.29, 1.82) is 0 Å². The van der Waals surface area contributed by atoms with E-state index in [-0.39, 0.29) is 0 Å². The maximum absolute atomic E-state index is 2.61. The van der Waals surface area contributed by atoms with E-state index in [1.165, 1.54) is 169 Å². The third-order valence-corrected chi connectivity index (χ3v) is 21.4. The Morgan fingerprint density at radius 1 is 0.278 bits per heavy atom. The summed E-state index contributed by atoms with van der Waals surface area (Å²) in [5, 5.41) is 14.9. The normalized spacial score (nSPS) is 12.5. The Hall–Kier alpha value is -1.82. The quantitative estimate of drug-likeness (QED) is 0.0594. The zero-order valence-electron chi connectivity index (χ0n) is 32.3. The van der Waals surface area contributed by atoms with Gasteiger partial charge >= 0.3 is 349 Å². The molecule has 0 aliphatic rings. The standard InChI is InChI=1S/C50H54Se4/c1-3-5-7-9-11-13-15-17-19-39-23-37-21-33-25-41-43-31-50-44(32-49(43)53-47(41)29-35(33)27-45(37)51-39)42-26-34-22-38-24-40(20-18-16-14-12-10-8-6-4-2)52-46(38)28-36(34)30-48(42)54-50/h21-32H,3-20H2,1-2H3. The van der Waals surface area contributed by atoms with Crippen LogP contribution >= 0.6 is 0 Å². The summed E-state index contributed by atoms with van der Waals surface area (Å²) in [5.41, 5.74) is 0. The van der Waals surface area contributed by atoms with E-state index in [2.05, 4.69) is 86.6 Å². The number of hydrogen-bond donors (Lipinski definition) is 0. The van der Waals surface area contributed by atoms with E-state index < -0.39 is 0 Å². The first-order chi connectivity index (χ1) is 26.6. The summed E-state index contributed by atoms with van der Waals surface area (Å²) in [6, 6.07) is 30.7. The Balaban J connectivity index is 0.942. The average molecular weight is 971 g/mol. The molecule has 0 amide bonds. The summed E-state index contributed by atoms with van der Waals surface area (Å²) in [5.74, 6) is 0. The number of hydrogen-bond acceptors (Lipinski definition) is 0. The molecule has 54 heavy (non-hydrogen) atoms. The molecule has 4 heterocycles. The second-order valence-electron chi connectivity index (χ2n) is 16.1. The molecule has 0 saturated heterocycles. The van der Waals surface area contributed by atoms with E-state index in [1.54, 1.807) is 34.4 Å². The van der Waals surface area contributed by atoms with Crippen LogP contribution in [0, 0.1) is 0 Å². The van der Waals surface area contributed by atoms with Crippen molar-refractivity contribution in [2.24, 2.45) is 0 Å². The molecular formula is C50H54Se4. The first-order valence-corrected chi connectivity index (χ1v) is 28.0. The van der Waals surface area contributed by atoms with Gasteiger partial charge in [0.25, 0.3) is 0 Å². The van der Waals surface area contributed by atoms with Gasteiger partial charge in [-0.2, -0.15) is 0 Å². The second-order valence-corrected chi connectivity index (χ2v) is 25.5. The fourth-order valence-corrected chi connectivity index (χ4v) is 18.5. The van der Waals surface area contributed by atoms with Crippen molar-refractivity contribution in [3.05, 3.63) is 81.7 Å². The van der Waals surface area contributed by atoms with Crippen molar-refractivity contribution in [2.45, 2.75) is 129 Å². The summed E-state index contributed by atoms with van der Waals surface area (Å²) in [7, 11) is 0. The molecule has 0 unspecified atom stereocenters. The molecule has 0 saturated carbocycles. The van der Waals surface area contributed by atoms with E-state index in [1.807, 2.05) is 0 Å². The molecule has 0 aliphatic heterocycles. The van der Waals surface area contributed by atoms with E-state index in [4.69, 9.17) is 0 Å². The topological polar surface area (TPSA) is 0 Å². The van der Waals surface area contributed by atoms with Crippen LogP contribution in [0.25, 0.3) is 79.4 Å². The van der Waals surface area contributed by atoms with Gasteiger partial charge in [0.2, 0.25) is 0 Å². The fourth-order valence-electron chi connectivity index (χ4n) is 8.83. The van der Waals surface area contributed by atoms with E-state index in [0.717, 1.165) is 0 Å². The monoisotopic (exact) mass is 974 g/mol. The zero-order chi connectivity index (χ0) is 36.4. The Labute approximate surface area is 345 Å². The van der Waals surface area contributed by atoms with E-state index >= 15 is 0 Å². The van der Waals surface area contributed by atoms with Crippen molar-refractivity contribution in [2.75, 3.05) is 0 Å². The maximum atomic E-state index is 2.61. The second kappa shape index (κ2) is 17.4. The molecule has 4 aromatic heterocycles. The van der Waals surface area contributed by atoms with Crippen LogP contribution in [0.1, 0.15) is 125 Å². The van der Waals surface area contributed by atoms with Crippen molar-refractivity contribution in [3.8, 4) is 0 Å². The SMILES string of the molecule is CCCCCCCCCCc1cc2cc3cc4c(cc3cc2[se]1)[se]c1cc2c(cc14)[se]c1cc3cc4[se]c(CCCCCCCCCC)cc4cc3cc12. The van der Waals surface area contributed by atoms with Crippen LogP contribution in [0.2, 0.25) is 0 Å². The summed E-state index contributed by atoms with van der Waals surface area (Å²) < 4.78 is 13.0. The minimum absolute atomic E-state index is 0.365. The van der Waals surface area contributed by atoms with Gasteiger partial charge in [-0.05, 0) is 0 Å². The minimum atomic E-state index is 0.365. The molecular weight excluding hydrogens is 916 g/mol. The Bertz CT molecular complexity index is 2520. The molecule has 278 valence electrons. The summed E-state index contributed by atoms with van der Waals surface area (Å²) in [4.78, 5) is 0. The van der Waals surface area contributed by atoms with Gasteiger partial charge in [-0.1, -0.05) is 0 Å². The molecule has 0 nitrogen and oxygen atoms in total. The first kappa shape index (κ1) is 37.7. The Morgan fingerprint density at radius 2 is 0.611 bits per heavy atom. The molecule has 4 heteroatoms. The predicted molar refractivity (Wildman–Crippen MR) is 247 cm³/mol. The molecule has 5 aromatic carbocycles. The van der Waals surface area contributed by atoms with Gasteiger partial charge in [0.05, 0.1) is 0 Å². The molecule has 0 atom stereocenters. The van der Waals surface area contributed by atoms with Crippen LogP contribution in [0.5, 0.6) is 0 Å². The van der Waals surface area contributed by atoms with Crippen molar-refractivity contribution in [3.63, 3.8) is 0 Å². The van der Waals surface area contributed by atoms with Gasteiger partial charge < -0.3 is 0 Å². The average Bonchev–Trinajstić information content (AvgIpc) is 3.94. The number of fused-ring (bicyclic) bond motifs is 10. The summed E-state index contributed by atoms with van der Waals surface area (Å²) in [6.07, 6.45) is 25.1. The molecule has 0 N–H and O–H groups in total. The molecule has 9 rings (SSSR count). The van der Waals surface area contributed by atoms with Gasteiger partial charge in [-0.3, -0.25) is 0 Å². The third-order valence-electron chi connectivity index (χ3n) is 11.9.